The van der Waals surface area contributed by atoms with Gasteiger partial charge in [0.1, 0.15) is 5.65 Å². The number of rotatable bonds is 3. The third kappa shape index (κ3) is 3.36. The first-order chi connectivity index (χ1) is 20.8. The lowest BCUT2D eigenvalue weighted by Gasteiger charge is -2.13. The molecule has 0 amide bonds. The monoisotopic (exact) mass is 536 g/mol. The molecular weight excluding hydrogens is 512 g/mol. The van der Waals surface area contributed by atoms with E-state index in [1.54, 1.807) is 0 Å². The summed E-state index contributed by atoms with van der Waals surface area (Å²) in [6.07, 6.45) is 0. The van der Waals surface area contributed by atoms with Crippen LogP contribution >= 0.6 is 0 Å². The molecule has 0 spiro atoms. The smallest absolute Gasteiger partial charge is 0.221 e. The standard InChI is InChI=1S/C38H24N4/c1-3-11-25(12-4-1)27-19-21-34-30(23-27)31-24-28(26-13-5-2-6-14-26)20-22-35(31)41(34)38-40-32-16-8-7-15-29(32)37-39-33-17-9-10-18-36(33)42(37)38/h1-24H. The van der Waals surface area contributed by atoms with Crippen LogP contribution in [0.5, 0.6) is 0 Å². The highest BCUT2D eigenvalue weighted by molar-refractivity contribution is 6.12. The Morgan fingerprint density at radius 3 is 1.57 bits per heavy atom. The molecule has 0 bridgehead atoms. The number of fused-ring (bicyclic) bond motifs is 8. The van der Waals surface area contributed by atoms with Crippen LogP contribution in [0.3, 0.4) is 0 Å². The van der Waals surface area contributed by atoms with Gasteiger partial charge in [0.2, 0.25) is 5.95 Å². The summed E-state index contributed by atoms with van der Waals surface area (Å²) >= 11 is 0. The van der Waals surface area contributed by atoms with E-state index in [2.05, 4.69) is 142 Å². The fourth-order valence-corrected chi connectivity index (χ4v) is 6.34. The molecule has 9 aromatic rings. The van der Waals surface area contributed by atoms with Crippen molar-refractivity contribution in [3.05, 3.63) is 146 Å². The van der Waals surface area contributed by atoms with Crippen LogP contribution in [0.1, 0.15) is 0 Å². The van der Waals surface area contributed by atoms with Crippen LogP contribution in [-0.4, -0.2) is 18.9 Å². The van der Waals surface area contributed by atoms with Crippen molar-refractivity contribution in [2.45, 2.75) is 0 Å². The SMILES string of the molecule is c1ccc(-c2ccc3c(c2)c2cc(-c4ccccc4)ccc2n3-c2nc3ccccc3c3nc4ccccc4n23)cc1. The molecule has 4 heteroatoms. The number of imidazole rings is 1. The summed E-state index contributed by atoms with van der Waals surface area (Å²) in [5, 5.41) is 3.42. The molecule has 0 unspecified atom stereocenters. The number of nitrogens with zero attached hydrogens (tertiary/aromatic N) is 4. The molecule has 0 fully saturated rings. The topological polar surface area (TPSA) is 35.1 Å². The van der Waals surface area contributed by atoms with Crippen LogP contribution in [0.2, 0.25) is 0 Å². The quantitative estimate of drug-likeness (QED) is 0.225. The van der Waals surface area contributed by atoms with Crippen LogP contribution in [0.25, 0.3) is 77.6 Å². The number of hydrogen-bond acceptors (Lipinski definition) is 2. The Morgan fingerprint density at radius 1 is 0.381 bits per heavy atom. The minimum Gasteiger partial charge on any atom is -0.279 e. The molecule has 0 saturated carbocycles. The van der Waals surface area contributed by atoms with Crippen LogP contribution < -0.4 is 0 Å². The summed E-state index contributed by atoms with van der Waals surface area (Å²) < 4.78 is 4.52. The highest BCUT2D eigenvalue weighted by atomic mass is 15.2. The molecule has 196 valence electrons. The maximum Gasteiger partial charge on any atom is 0.221 e. The van der Waals surface area contributed by atoms with Crippen LogP contribution in [0, 0.1) is 0 Å². The molecule has 4 nitrogen and oxygen atoms in total. The Morgan fingerprint density at radius 2 is 0.929 bits per heavy atom. The van der Waals surface area contributed by atoms with Gasteiger partial charge in [0.25, 0.3) is 0 Å². The van der Waals surface area contributed by atoms with Gasteiger partial charge in [-0.3, -0.25) is 8.97 Å². The summed E-state index contributed by atoms with van der Waals surface area (Å²) in [4.78, 5) is 10.4. The molecule has 0 aliphatic carbocycles. The van der Waals surface area contributed by atoms with Gasteiger partial charge >= 0.3 is 0 Å². The summed E-state index contributed by atoms with van der Waals surface area (Å²) in [5.41, 5.74) is 10.8. The van der Waals surface area contributed by atoms with E-state index >= 15 is 0 Å². The normalized spacial score (nSPS) is 11.8. The van der Waals surface area contributed by atoms with Crippen LogP contribution in [0.15, 0.2) is 146 Å². The second kappa shape index (κ2) is 8.88. The van der Waals surface area contributed by atoms with Gasteiger partial charge in [-0.05, 0) is 70.8 Å². The Kier molecular flexibility index (Phi) is 4.87. The van der Waals surface area contributed by atoms with E-state index in [4.69, 9.17) is 9.97 Å². The third-order valence-electron chi connectivity index (χ3n) is 8.31. The largest absolute Gasteiger partial charge is 0.279 e. The molecule has 9 rings (SSSR count). The Labute approximate surface area is 241 Å². The molecule has 0 aliphatic rings. The molecule has 0 saturated heterocycles. The number of para-hydroxylation sites is 3. The van der Waals surface area contributed by atoms with Crippen molar-refractivity contribution in [2.24, 2.45) is 0 Å². The molecule has 42 heavy (non-hydrogen) atoms. The minimum absolute atomic E-state index is 0.831. The number of aromatic nitrogens is 4. The van der Waals surface area contributed by atoms with E-state index in [1.807, 2.05) is 12.1 Å². The Bertz CT molecular complexity index is 2360. The van der Waals surface area contributed by atoms with Gasteiger partial charge in [-0.2, -0.15) is 0 Å². The lowest BCUT2D eigenvalue weighted by molar-refractivity contribution is 0.979. The summed E-state index contributed by atoms with van der Waals surface area (Å²) in [5.74, 6) is 0.831. The third-order valence-corrected chi connectivity index (χ3v) is 8.31. The molecule has 6 aromatic carbocycles. The van der Waals surface area contributed by atoms with Gasteiger partial charge in [-0.25, -0.2) is 9.97 Å². The van der Waals surface area contributed by atoms with E-state index in [1.165, 1.54) is 33.0 Å². The lowest BCUT2D eigenvalue weighted by Crippen LogP contribution is -2.06. The van der Waals surface area contributed by atoms with Crippen molar-refractivity contribution in [2.75, 3.05) is 0 Å². The summed E-state index contributed by atoms with van der Waals surface area (Å²) in [6.45, 7) is 0. The zero-order valence-electron chi connectivity index (χ0n) is 22.6. The van der Waals surface area contributed by atoms with E-state index in [-0.39, 0.29) is 0 Å². The molecule has 3 aromatic heterocycles. The molecule has 3 heterocycles. The zero-order valence-corrected chi connectivity index (χ0v) is 22.6. The van der Waals surface area contributed by atoms with Crippen LogP contribution in [0.4, 0.5) is 0 Å². The lowest BCUT2D eigenvalue weighted by atomic mass is 10.0. The van der Waals surface area contributed by atoms with Crippen molar-refractivity contribution >= 4 is 49.4 Å². The first-order valence-electron chi connectivity index (χ1n) is 14.2. The van der Waals surface area contributed by atoms with Gasteiger partial charge < -0.3 is 0 Å². The van der Waals surface area contributed by atoms with Crippen molar-refractivity contribution < 1.29 is 0 Å². The van der Waals surface area contributed by atoms with E-state index in [9.17, 15) is 0 Å². The molecule has 0 aliphatic heterocycles. The first kappa shape index (κ1) is 23.0. The van der Waals surface area contributed by atoms with Gasteiger partial charge in [0, 0.05) is 16.2 Å². The molecule has 0 atom stereocenters. The highest BCUT2D eigenvalue weighted by Gasteiger charge is 2.20. The molecule has 0 radical (unpaired) electrons. The predicted octanol–water partition coefficient (Wildman–Crippen LogP) is 9.47. The van der Waals surface area contributed by atoms with Gasteiger partial charge in [-0.15, -0.1) is 0 Å². The van der Waals surface area contributed by atoms with Crippen molar-refractivity contribution in [1.82, 2.24) is 18.9 Å². The number of benzene rings is 6. The van der Waals surface area contributed by atoms with Gasteiger partial charge in [0.05, 0.1) is 27.6 Å². The number of hydrogen-bond donors (Lipinski definition) is 0. The summed E-state index contributed by atoms with van der Waals surface area (Å²) in [7, 11) is 0. The summed E-state index contributed by atoms with van der Waals surface area (Å²) in [6, 6.07) is 51.3. The van der Waals surface area contributed by atoms with Crippen molar-refractivity contribution in [3.63, 3.8) is 0 Å². The van der Waals surface area contributed by atoms with E-state index < -0.39 is 0 Å². The maximum atomic E-state index is 5.32. The van der Waals surface area contributed by atoms with Crippen molar-refractivity contribution in [3.8, 4) is 28.2 Å². The highest BCUT2D eigenvalue weighted by Crippen LogP contribution is 2.38. The average molecular weight is 537 g/mol. The Hall–Kier alpha value is -5.74. The van der Waals surface area contributed by atoms with E-state index in [0.717, 1.165) is 44.6 Å². The molecular formula is C38H24N4. The fraction of sp³-hybridized carbons (Fsp3) is 0. The van der Waals surface area contributed by atoms with E-state index in [0.29, 0.717) is 0 Å². The minimum atomic E-state index is 0.831. The van der Waals surface area contributed by atoms with Crippen molar-refractivity contribution in [1.29, 1.82) is 0 Å². The van der Waals surface area contributed by atoms with Gasteiger partial charge in [-0.1, -0.05) is 97.1 Å². The maximum absolute atomic E-state index is 5.32. The second-order valence-corrected chi connectivity index (χ2v) is 10.7. The zero-order chi connectivity index (χ0) is 27.6. The second-order valence-electron chi connectivity index (χ2n) is 10.7. The average Bonchev–Trinajstić information content (AvgIpc) is 3.61. The first-order valence-corrected chi connectivity index (χ1v) is 14.2. The fourth-order valence-electron chi connectivity index (χ4n) is 6.34. The predicted molar refractivity (Wildman–Crippen MR) is 173 cm³/mol. The van der Waals surface area contributed by atoms with Crippen LogP contribution in [-0.2, 0) is 0 Å². The Balaban J connectivity index is 1.44. The van der Waals surface area contributed by atoms with Gasteiger partial charge in [0.15, 0.2) is 0 Å². The molecule has 0 N–H and O–H groups in total.